The number of carboxylic acid groups (broad SMARTS) is 1. The Labute approximate surface area is 221 Å². The van der Waals surface area contributed by atoms with Gasteiger partial charge in [0.2, 0.25) is 11.6 Å². The van der Waals surface area contributed by atoms with Crippen LogP contribution in [0.1, 0.15) is 98.8 Å². The molecule has 5 atom stereocenters. The lowest BCUT2D eigenvalue weighted by Gasteiger charge is -2.39. The molecule has 4 aliphatic carbocycles. The molecule has 0 amide bonds. The minimum atomic E-state index is -1.36. The molecule has 0 heterocycles. The highest BCUT2D eigenvalue weighted by Gasteiger charge is 2.60. The van der Waals surface area contributed by atoms with Crippen LogP contribution >= 0.6 is 0 Å². The minimum Gasteiger partial charge on any atom is -0.507 e. The summed E-state index contributed by atoms with van der Waals surface area (Å²) >= 11 is 0. The summed E-state index contributed by atoms with van der Waals surface area (Å²) in [5, 5.41) is 21.1. The van der Waals surface area contributed by atoms with E-state index >= 15 is 0 Å². The van der Waals surface area contributed by atoms with E-state index in [1.54, 1.807) is 0 Å². The smallest absolute Gasteiger partial charge is 0.339 e. The highest BCUT2D eigenvalue weighted by Crippen LogP contribution is 2.69. The van der Waals surface area contributed by atoms with Crippen molar-refractivity contribution in [1.82, 2.24) is 0 Å². The number of carbonyl (C=O) groups is 3. The summed E-state index contributed by atoms with van der Waals surface area (Å²) in [5.41, 5.74) is 2.18. The maximum atomic E-state index is 13.3. The van der Waals surface area contributed by atoms with Crippen LogP contribution in [0.4, 0.5) is 0 Å². The highest BCUT2D eigenvalue weighted by atomic mass is 16.4. The van der Waals surface area contributed by atoms with Crippen molar-refractivity contribution in [2.75, 3.05) is 0 Å². The summed E-state index contributed by atoms with van der Waals surface area (Å²) < 4.78 is 0. The second-order valence-electron chi connectivity index (χ2n) is 13.0. The quantitative estimate of drug-likeness (QED) is 0.148. The molecule has 0 aromatic rings. The van der Waals surface area contributed by atoms with Gasteiger partial charge >= 0.3 is 5.97 Å². The van der Waals surface area contributed by atoms with Gasteiger partial charge in [-0.2, -0.15) is 0 Å². The number of rotatable bonds is 9. The molecule has 2 N–H and O–H groups in total. The van der Waals surface area contributed by atoms with Gasteiger partial charge in [-0.3, -0.25) is 9.59 Å². The minimum absolute atomic E-state index is 0.0462. The number of allylic oxidation sites excluding steroid dienone is 5. The zero-order valence-electron chi connectivity index (χ0n) is 23.3. The maximum absolute atomic E-state index is 13.3. The summed E-state index contributed by atoms with van der Waals surface area (Å²) in [4.78, 5) is 38.7. The number of hydrogen-bond acceptors (Lipinski definition) is 4. The third kappa shape index (κ3) is 4.57. The van der Waals surface area contributed by atoms with E-state index in [0.29, 0.717) is 17.3 Å². The molecule has 2 bridgehead atoms. The average molecular weight is 509 g/mol. The second kappa shape index (κ2) is 10.0. The number of Topliss-reactive ketones (excluding diaryl/α,β-unsaturated/α-hetero) is 2. The predicted molar refractivity (Wildman–Crippen MR) is 145 cm³/mol. The number of carbonyl (C=O) groups excluding carboxylic acids is 2. The third-order valence-electron chi connectivity index (χ3n) is 10.9. The van der Waals surface area contributed by atoms with E-state index in [0.717, 1.165) is 55.1 Å². The molecule has 0 aromatic heterocycles. The van der Waals surface area contributed by atoms with Crippen LogP contribution in [0, 0.1) is 34.5 Å². The Morgan fingerprint density at radius 1 is 1.11 bits per heavy atom. The molecule has 0 radical (unpaired) electrons. The summed E-state index contributed by atoms with van der Waals surface area (Å²) in [6, 6.07) is 0. The summed E-state index contributed by atoms with van der Waals surface area (Å²) in [7, 11) is 0. The van der Waals surface area contributed by atoms with Crippen molar-refractivity contribution in [2.24, 2.45) is 34.5 Å². The van der Waals surface area contributed by atoms with Crippen LogP contribution in [0.25, 0.3) is 0 Å². The topological polar surface area (TPSA) is 91.7 Å². The summed E-state index contributed by atoms with van der Waals surface area (Å²) in [6.07, 6.45) is 11.3. The first kappa shape index (κ1) is 27.6. The van der Waals surface area contributed by atoms with Gasteiger partial charge in [-0.1, -0.05) is 57.4 Å². The van der Waals surface area contributed by atoms with Crippen molar-refractivity contribution in [3.63, 3.8) is 0 Å². The van der Waals surface area contributed by atoms with E-state index in [2.05, 4.69) is 27.4 Å². The molecular formula is C32H44O5. The Bertz CT molecular complexity index is 1120. The molecule has 2 fully saturated rings. The Balaban J connectivity index is 1.48. The van der Waals surface area contributed by atoms with Gasteiger partial charge in [-0.15, -0.1) is 0 Å². The standard InChI is InChI=1S/C32H44O5/c1-18(2)22-13-12-19(3)16-24(22)25-28(34)26(30(36)37)23(27(33)29(25)35)11-9-7-8-10-21-17-20-14-15-32(21,6)31(20,4)5/h16,20-22,24,34H,1,7-15,17H2,2-6H3,(H,36,37)/t20-,21?,22-,24+,32+/m0/s1. The van der Waals surface area contributed by atoms with Crippen LogP contribution in [0.2, 0.25) is 0 Å². The summed E-state index contributed by atoms with van der Waals surface area (Å²) in [6.45, 7) is 15.2. The van der Waals surface area contributed by atoms with E-state index in [-0.39, 0.29) is 29.1 Å². The number of aliphatic hydroxyl groups is 1. The van der Waals surface area contributed by atoms with Gasteiger partial charge < -0.3 is 10.2 Å². The van der Waals surface area contributed by atoms with Crippen LogP contribution in [-0.2, 0) is 14.4 Å². The van der Waals surface area contributed by atoms with Crippen LogP contribution in [0.5, 0.6) is 0 Å². The molecule has 37 heavy (non-hydrogen) atoms. The maximum Gasteiger partial charge on any atom is 0.339 e. The first-order valence-corrected chi connectivity index (χ1v) is 14.1. The monoisotopic (exact) mass is 508 g/mol. The molecular weight excluding hydrogens is 464 g/mol. The Morgan fingerprint density at radius 3 is 2.38 bits per heavy atom. The van der Waals surface area contributed by atoms with Crippen LogP contribution < -0.4 is 0 Å². The number of aliphatic hydroxyl groups excluding tert-OH is 1. The fourth-order valence-corrected chi connectivity index (χ4v) is 8.12. The van der Waals surface area contributed by atoms with Gasteiger partial charge in [-0.05, 0) is 93.8 Å². The van der Waals surface area contributed by atoms with Crippen molar-refractivity contribution < 1.29 is 24.6 Å². The van der Waals surface area contributed by atoms with Crippen LogP contribution in [-0.4, -0.2) is 27.7 Å². The van der Waals surface area contributed by atoms with Crippen molar-refractivity contribution in [2.45, 2.75) is 98.8 Å². The van der Waals surface area contributed by atoms with Crippen LogP contribution in [0.15, 0.2) is 46.3 Å². The Morgan fingerprint density at radius 2 is 1.81 bits per heavy atom. The molecule has 0 saturated heterocycles. The van der Waals surface area contributed by atoms with Gasteiger partial charge in [-0.25, -0.2) is 4.79 Å². The number of fused-ring (bicyclic) bond motifs is 2. The zero-order chi connectivity index (χ0) is 27.3. The number of carboxylic acids is 1. The molecule has 5 heteroatoms. The first-order valence-electron chi connectivity index (χ1n) is 14.1. The Hall–Kier alpha value is -2.43. The highest BCUT2D eigenvalue weighted by molar-refractivity contribution is 6.51. The van der Waals surface area contributed by atoms with Gasteiger partial charge in [0, 0.05) is 11.5 Å². The van der Waals surface area contributed by atoms with E-state index in [4.69, 9.17) is 0 Å². The van der Waals surface area contributed by atoms with Gasteiger partial charge in [0.1, 0.15) is 11.3 Å². The van der Waals surface area contributed by atoms with Crippen LogP contribution in [0.3, 0.4) is 0 Å². The molecule has 1 unspecified atom stereocenters. The normalized spacial score (nSPS) is 33.3. The molecule has 0 aromatic carbocycles. The average Bonchev–Trinajstić information content (AvgIpc) is 3.15. The SMILES string of the molecule is C=C(C)[C@@H]1CCC(C)=C[C@H]1C1=C(O)C(C(=O)O)=C(CCCCCC2C[C@@H]3CC[C@@]2(C)C3(C)C)C(=O)C1=O. The lowest BCUT2D eigenvalue weighted by atomic mass is 9.65. The number of ketones is 2. The largest absolute Gasteiger partial charge is 0.507 e. The Kier molecular flexibility index (Phi) is 7.49. The molecule has 4 rings (SSSR count). The van der Waals surface area contributed by atoms with Crippen molar-refractivity contribution in [1.29, 1.82) is 0 Å². The van der Waals surface area contributed by atoms with E-state index in [1.165, 1.54) is 19.3 Å². The predicted octanol–water partition coefficient (Wildman–Crippen LogP) is 7.29. The molecule has 2 saturated carbocycles. The van der Waals surface area contributed by atoms with Crippen molar-refractivity contribution in [3.05, 3.63) is 46.3 Å². The zero-order valence-corrected chi connectivity index (χ0v) is 23.3. The third-order valence-corrected chi connectivity index (χ3v) is 10.9. The fraction of sp³-hybridized carbons (Fsp3) is 0.656. The van der Waals surface area contributed by atoms with Gasteiger partial charge in [0.25, 0.3) is 0 Å². The van der Waals surface area contributed by atoms with Gasteiger partial charge in [0.15, 0.2) is 0 Å². The molecule has 202 valence electrons. The number of unbranched alkanes of at least 4 members (excludes halogenated alkanes) is 2. The fourth-order valence-electron chi connectivity index (χ4n) is 8.12. The molecule has 0 spiro atoms. The lowest BCUT2D eigenvalue weighted by Crippen LogP contribution is -2.35. The second-order valence-corrected chi connectivity index (χ2v) is 13.0. The van der Waals surface area contributed by atoms with E-state index in [1.807, 2.05) is 19.9 Å². The van der Waals surface area contributed by atoms with Crippen molar-refractivity contribution >= 4 is 17.5 Å². The summed E-state index contributed by atoms with van der Waals surface area (Å²) in [5.74, 6) is -2.55. The van der Waals surface area contributed by atoms with Crippen molar-refractivity contribution in [3.8, 4) is 0 Å². The van der Waals surface area contributed by atoms with Gasteiger partial charge in [0.05, 0.1) is 5.57 Å². The number of aliphatic carboxylic acids is 1. The molecule has 0 aliphatic heterocycles. The molecule has 4 aliphatic rings. The van der Waals surface area contributed by atoms with E-state index in [9.17, 15) is 24.6 Å². The first-order chi connectivity index (χ1) is 17.3. The number of hydrogen-bond donors (Lipinski definition) is 2. The van der Waals surface area contributed by atoms with E-state index < -0.39 is 29.2 Å². The molecule has 5 nitrogen and oxygen atoms in total. The lowest BCUT2D eigenvalue weighted by molar-refractivity contribution is -0.135.